The van der Waals surface area contributed by atoms with Gasteiger partial charge < -0.3 is 5.73 Å². The van der Waals surface area contributed by atoms with Crippen LogP contribution in [0.5, 0.6) is 0 Å². The lowest BCUT2D eigenvalue weighted by Crippen LogP contribution is -2.51. The van der Waals surface area contributed by atoms with Gasteiger partial charge in [0.25, 0.3) is 20.2 Å². The van der Waals surface area contributed by atoms with Gasteiger partial charge in [-0.25, -0.2) is 0 Å². The van der Waals surface area contributed by atoms with Crippen molar-refractivity contribution in [2.75, 3.05) is 0 Å². The summed E-state index contributed by atoms with van der Waals surface area (Å²) in [5.41, 5.74) is 5.96. The highest BCUT2D eigenvalue weighted by atomic mass is 32.2. The van der Waals surface area contributed by atoms with Crippen LogP contribution in [0, 0.1) is 0 Å². The summed E-state index contributed by atoms with van der Waals surface area (Å²) < 4.78 is 65.4. The molecule has 0 aliphatic heterocycles. The number of nitrogens with two attached hydrogens (primary N) is 1. The summed E-state index contributed by atoms with van der Waals surface area (Å²) in [5, 5.41) is 1.32. The summed E-state index contributed by atoms with van der Waals surface area (Å²) in [4.78, 5) is -3.70. The van der Waals surface area contributed by atoms with E-state index in [2.05, 4.69) is 0 Å². The average molecular weight is 341 g/mol. The number of fused-ring (bicyclic) bond motifs is 2. The van der Waals surface area contributed by atoms with Crippen molar-refractivity contribution in [2.24, 2.45) is 5.73 Å². The molecule has 0 saturated heterocycles. The van der Waals surface area contributed by atoms with Crippen LogP contribution in [0.25, 0.3) is 11.6 Å². The Morgan fingerprint density at radius 1 is 1.00 bits per heavy atom. The molecule has 4 N–H and O–H groups in total. The van der Waals surface area contributed by atoms with Gasteiger partial charge >= 0.3 is 0 Å². The largest absolute Gasteiger partial charge is 0.303 e. The number of hydrogen-bond acceptors (Lipinski definition) is 5. The maximum absolute atomic E-state index is 11.7. The first-order valence-electron chi connectivity index (χ1n) is 6.04. The molecule has 0 aromatic heterocycles. The summed E-state index contributed by atoms with van der Waals surface area (Å²) >= 11 is 0. The highest BCUT2D eigenvalue weighted by Crippen LogP contribution is 2.38. The molecule has 0 spiro atoms. The van der Waals surface area contributed by atoms with E-state index in [1.54, 1.807) is 24.3 Å². The fourth-order valence-corrected chi connectivity index (χ4v) is 4.78. The first-order valence-corrected chi connectivity index (χ1v) is 8.92. The average Bonchev–Trinajstić information content (AvgIpc) is 2.73. The SMILES string of the molecule is NC1(S(=O)(=O)O)C=CC2=c3ccccc3=CC2=C1S(=O)(=O)O. The van der Waals surface area contributed by atoms with Gasteiger partial charge in [0.1, 0.15) is 4.91 Å². The second kappa shape index (κ2) is 4.37. The van der Waals surface area contributed by atoms with Gasteiger partial charge in [-0.2, -0.15) is 16.8 Å². The Hall–Kier alpha value is -1.78. The van der Waals surface area contributed by atoms with E-state index in [4.69, 9.17) is 5.73 Å². The maximum Gasteiger partial charge on any atom is 0.294 e. The second-order valence-electron chi connectivity index (χ2n) is 4.96. The summed E-state index contributed by atoms with van der Waals surface area (Å²) in [5.74, 6) is 0. The molecule has 2 aliphatic carbocycles. The minimum Gasteiger partial charge on any atom is -0.303 e. The van der Waals surface area contributed by atoms with Crippen molar-refractivity contribution < 1.29 is 25.9 Å². The Morgan fingerprint density at radius 3 is 2.23 bits per heavy atom. The van der Waals surface area contributed by atoms with Crippen LogP contribution in [0.1, 0.15) is 0 Å². The van der Waals surface area contributed by atoms with Crippen molar-refractivity contribution >= 4 is 31.9 Å². The van der Waals surface area contributed by atoms with Gasteiger partial charge in [0.2, 0.25) is 4.87 Å². The molecular weight excluding hydrogens is 330 g/mol. The van der Waals surface area contributed by atoms with Gasteiger partial charge in [0.15, 0.2) is 0 Å². The predicted molar refractivity (Wildman–Crippen MR) is 79.7 cm³/mol. The number of allylic oxidation sites excluding steroid dienone is 2. The van der Waals surface area contributed by atoms with E-state index in [9.17, 15) is 25.9 Å². The lowest BCUT2D eigenvalue weighted by atomic mass is 9.98. The second-order valence-corrected chi connectivity index (χ2v) is 7.95. The predicted octanol–water partition coefficient (Wildman–Crippen LogP) is -1.11. The highest BCUT2D eigenvalue weighted by Gasteiger charge is 2.50. The normalized spacial score (nSPS) is 24.0. The quantitative estimate of drug-likeness (QED) is 0.580. The van der Waals surface area contributed by atoms with Crippen molar-refractivity contribution in [2.45, 2.75) is 4.87 Å². The summed E-state index contributed by atoms with van der Waals surface area (Å²) in [6.45, 7) is 0. The maximum atomic E-state index is 11.7. The van der Waals surface area contributed by atoms with E-state index in [0.29, 0.717) is 16.0 Å². The molecular formula is C13H11NO6S2. The molecule has 0 heterocycles. The summed E-state index contributed by atoms with van der Waals surface area (Å²) in [7, 11) is -10.00. The Bertz CT molecular complexity index is 1080. The molecule has 3 rings (SSSR count). The minimum atomic E-state index is -5.02. The first-order chi connectivity index (χ1) is 10.1. The number of hydrogen-bond donors (Lipinski definition) is 3. The van der Waals surface area contributed by atoms with E-state index in [0.717, 1.165) is 6.08 Å². The lowest BCUT2D eigenvalue weighted by molar-refractivity contribution is 0.452. The summed E-state index contributed by atoms with van der Waals surface area (Å²) in [6.07, 6.45) is 3.57. The molecule has 22 heavy (non-hydrogen) atoms. The van der Waals surface area contributed by atoms with E-state index >= 15 is 0 Å². The van der Waals surface area contributed by atoms with Gasteiger partial charge in [-0.15, -0.1) is 0 Å². The van der Waals surface area contributed by atoms with Crippen LogP contribution in [0.2, 0.25) is 0 Å². The molecule has 0 amide bonds. The van der Waals surface area contributed by atoms with Crippen molar-refractivity contribution in [1.29, 1.82) is 0 Å². The van der Waals surface area contributed by atoms with Gasteiger partial charge in [0, 0.05) is 5.57 Å². The third-order valence-electron chi connectivity index (χ3n) is 3.62. The molecule has 9 heteroatoms. The molecule has 1 atom stereocenters. The zero-order chi connectivity index (χ0) is 16.3. The number of rotatable bonds is 2. The van der Waals surface area contributed by atoms with Gasteiger partial charge in [-0.1, -0.05) is 30.3 Å². The van der Waals surface area contributed by atoms with Gasteiger partial charge in [0.05, 0.1) is 0 Å². The molecule has 0 bridgehead atoms. The monoisotopic (exact) mass is 341 g/mol. The fourth-order valence-electron chi connectivity index (χ4n) is 2.65. The zero-order valence-corrected chi connectivity index (χ0v) is 12.6. The molecule has 1 aromatic carbocycles. The van der Waals surface area contributed by atoms with Crippen molar-refractivity contribution in [1.82, 2.24) is 0 Å². The standard InChI is InChI=1S/C13H11NO6S2/c14-13(22(18,19)20)6-5-10-9-4-2-1-3-8(9)7-11(10)12(13)21(15,16)17/h1-7H,14H2,(H,15,16,17)(H,18,19,20). The Balaban J connectivity index is 2.53. The van der Waals surface area contributed by atoms with Crippen LogP contribution in [-0.4, -0.2) is 30.8 Å². The smallest absolute Gasteiger partial charge is 0.294 e. The van der Waals surface area contributed by atoms with Crippen LogP contribution < -0.4 is 16.2 Å². The third-order valence-corrected chi connectivity index (χ3v) is 6.02. The van der Waals surface area contributed by atoms with Crippen molar-refractivity contribution in [3.8, 4) is 0 Å². The number of benzene rings is 1. The van der Waals surface area contributed by atoms with Crippen molar-refractivity contribution in [3.05, 3.63) is 57.3 Å². The molecule has 0 saturated carbocycles. The van der Waals surface area contributed by atoms with Crippen LogP contribution in [0.4, 0.5) is 0 Å². The van der Waals surface area contributed by atoms with Crippen LogP contribution in [-0.2, 0) is 20.2 Å². The molecule has 7 nitrogen and oxygen atoms in total. The summed E-state index contributed by atoms with van der Waals surface area (Å²) in [6, 6.07) is 6.88. The Labute approximate surface area is 126 Å². The lowest BCUT2D eigenvalue weighted by Gasteiger charge is -2.28. The molecule has 0 radical (unpaired) electrons. The highest BCUT2D eigenvalue weighted by molar-refractivity contribution is 7.93. The molecule has 1 aromatic rings. The van der Waals surface area contributed by atoms with Crippen LogP contribution in [0.15, 0.2) is 46.9 Å². The topological polar surface area (TPSA) is 135 Å². The van der Waals surface area contributed by atoms with Crippen molar-refractivity contribution in [3.63, 3.8) is 0 Å². The fraction of sp³-hybridized carbons (Fsp3) is 0.0769. The van der Waals surface area contributed by atoms with Crippen LogP contribution in [0.3, 0.4) is 0 Å². The first kappa shape index (κ1) is 15.1. The minimum absolute atomic E-state index is 0.0497. The van der Waals surface area contributed by atoms with E-state index in [1.165, 1.54) is 12.2 Å². The van der Waals surface area contributed by atoms with E-state index in [-0.39, 0.29) is 5.57 Å². The van der Waals surface area contributed by atoms with Crippen LogP contribution >= 0.6 is 0 Å². The Kier molecular flexibility index (Phi) is 3.00. The molecule has 0 fully saturated rings. The zero-order valence-electron chi connectivity index (χ0n) is 11.0. The van der Waals surface area contributed by atoms with Gasteiger partial charge in [-0.3, -0.25) is 9.11 Å². The Morgan fingerprint density at radius 2 is 1.64 bits per heavy atom. The van der Waals surface area contributed by atoms with Gasteiger partial charge in [-0.05, 0) is 28.2 Å². The van der Waals surface area contributed by atoms with E-state index in [1.807, 2.05) is 0 Å². The molecule has 2 aliphatic rings. The molecule has 1 unspecified atom stereocenters. The molecule has 116 valence electrons. The van der Waals surface area contributed by atoms with E-state index < -0.39 is 30.0 Å². The third kappa shape index (κ3) is 1.98.